The minimum absolute atomic E-state index is 0.0129. The largest absolute Gasteiger partial charge is 0.357 e. The van der Waals surface area contributed by atoms with E-state index in [-0.39, 0.29) is 6.04 Å². The number of nitrogens with zero attached hydrogens (tertiary/aromatic N) is 6. The number of quaternary nitrogens is 1. The molecule has 9 heteroatoms. The van der Waals surface area contributed by atoms with Crippen molar-refractivity contribution >= 4 is 17.3 Å². The summed E-state index contributed by atoms with van der Waals surface area (Å²) in [5.74, 6) is 6.96. The number of imidazole rings is 1. The summed E-state index contributed by atoms with van der Waals surface area (Å²) in [7, 11) is 1.87. The number of aryl methyl sites for hydroxylation is 1. The van der Waals surface area contributed by atoms with E-state index in [0.717, 1.165) is 22.5 Å². The Morgan fingerprint density at radius 3 is 2.85 bits per heavy atom. The van der Waals surface area contributed by atoms with Crippen molar-refractivity contribution in [3.8, 4) is 11.3 Å². The Bertz CT molecular complexity index is 1050. The maximum absolute atomic E-state index is 5.72. The van der Waals surface area contributed by atoms with Crippen molar-refractivity contribution < 1.29 is 5.43 Å². The number of nitrogens with one attached hydrogen (secondary N) is 1. The van der Waals surface area contributed by atoms with Gasteiger partial charge >= 0.3 is 0 Å². The molecule has 0 aliphatic rings. The first kappa shape index (κ1) is 16.2. The molecule has 0 saturated heterocycles. The lowest BCUT2D eigenvalue weighted by Gasteiger charge is -2.16. The van der Waals surface area contributed by atoms with Gasteiger partial charge in [-0.15, -0.1) is 0 Å². The van der Waals surface area contributed by atoms with E-state index in [1.54, 1.807) is 23.3 Å². The Hall–Kier alpha value is -3.30. The minimum Gasteiger partial charge on any atom is -0.357 e. The average Bonchev–Trinajstić information content (AvgIpc) is 3.29. The van der Waals surface area contributed by atoms with Crippen LogP contribution in [0.1, 0.15) is 18.5 Å². The van der Waals surface area contributed by atoms with E-state index in [1.807, 2.05) is 42.2 Å². The zero-order chi connectivity index (χ0) is 18.1. The molecule has 0 aromatic carbocycles. The number of pyridine rings is 1. The van der Waals surface area contributed by atoms with E-state index < -0.39 is 0 Å². The highest BCUT2D eigenvalue weighted by Gasteiger charge is 2.16. The van der Waals surface area contributed by atoms with Gasteiger partial charge < -0.3 is 9.72 Å². The fourth-order valence-electron chi connectivity index (χ4n) is 2.80. The number of hydrogen-bond acceptors (Lipinski definition) is 6. The molecular formula is C17H20N9+. The minimum atomic E-state index is 0.0129. The summed E-state index contributed by atoms with van der Waals surface area (Å²) in [4.78, 5) is 13.4. The second-order valence-electron chi connectivity index (χ2n) is 6.08. The highest BCUT2D eigenvalue weighted by Crippen LogP contribution is 2.24. The Morgan fingerprint density at radius 2 is 2.08 bits per heavy atom. The molecule has 0 bridgehead atoms. The zero-order valence-electron chi connectivity index (χ0n) is 14.5. The summed E-state index contributed by atoms with van der Waals surface area (Å²) in [5.41, 5.74) is 5.11. The van der Waals surface area contributed by atoms with Crippen molar-refractivity contribution in [2.24, 2.45) is 12.9 Å². The molecule has 0 amide bonds. The topological polar surface area (TPSA) is 116 Å². The summed E-state index contributed by atoms with van der Waals surface area (Å²) < 4.78 is 3.72. The predicted molar refractivity (Wildman–Crippen MR) is 97.2 cm³/mol. The number of nitrogens with two attached hydrogens (primary N) is 2. The van der Waals surface area contributed by atoms with Gasteiger partial charge in [0, 0.05) is 37.4 Å². The van der Waals surface area contributed by atoms with Crippen LogP contribution in [0.4, 0.5) is 11.6 Å². The molecule has 0 aliphatic heterocycles. The fourth-order valence-corrected chi connectivity index (χ4v) is 2.80. The number of aromatic nitrogens is 6. The quantitative estimate of drug-likeness (QED) is 0.362. The van der Waals surface area contributed by atoms with Crippen LogP contribution in [-0.2, 0) is 7.05 Å². The van der Waals surface area contributed by atoms with Crippen LogP contribution in [0.2, 0.25) is 0 Å². The van der Waals surface area contributed by atoms with Gasteiger partial charge in [0.1, 0.15) is 5.65 Å². The van der Waals surface area contributed by atoms with Gasteiger partial charge in [-0.1, -0.05) is 6.07 Å². The third-order valence-corrected chi connectivity index (χ3v) is 4.22. The molecule has 4 rings (SSSR count). The number of fused-ring (bicyclic) bond motifs is 1. The van der Waals surface area contributed by atoms with Gasteiger partial charge in [0.05, 0.1) is 24.1 Å². The number of rotatable bonds is 5. The van der Waals surface area contributed by atoms with Crippen LogP contribution in [-0.4, -0.2) is 29.1 Å². The average molecular weight is 350 g/mol. The molecule has 0 radical (unpaired) electrons. The van der Waals surface area contributed by atoms with Crippen LogP contribution in [0.25, 0.3) is 16.9 Å². The van der Waals surface area contributed by atoms with Gasteiger partial charge in [0.15, 0.2) is 0 Å². The van der Waals surface area contributed by atoms with E-state index in [1.165, 1.54) is 5.43 Å². The van der Waals surface area contributed by atoms with E-state index in [2.05, 4.69) is 32.3 Å². The standard InChI is InChI=1S/C17H19N9/c1-11(12-3-4-15-19-5-6-26(15)10-12)22-17-16(24-18)20-8-14(23-17)13-7-21-25(2)9-13/h3-11H,18H2,1-2H3,(H,20,24)(H,22,23)/p+1. The third-order valence-electron chi connectivity index (χ3n) is 4.22. The van der Waals surface area contributed by atoms with Crippen LogP contribution >= 0.6 is 0 Å². The van der Waals surface area contributed by atoms with E-state index >= 15 is 0 Å². The number of anilines is 1. The first-order chi connectivity index (χ1) is 12.6. The predicted octanol–water partition coefficient (Wildman–Crippen LogP) is 0.767. The lowest BCUT2D eigenvalue weighted by Crippen LogP contribution is -2.86. The van der Waals surface area contributed by atoms with Crippen molar-refractivity contribution in [3.05, 3.63) is 54.9 Å². The zero-order valence-corrected chi connectivity index (χ0v) is 14.5. The molecule has 0 spiro atoms. The Balaban J connectivity index is 1.65. The van der Waals surface area contributed by atoms with Crippen molar-refractivity contribution in [3.63, 3.8) is 0 Å². The Kier molecular flexibility index (Phi) is 4.07. The molecule has 0 fully saturated rings. The van der Waals surface area contributed by atoms with E-state index in [9.17, 15) is 0 Å². The van der Waals surface area contributed by atoms with Crippen molar-refractivity contribution in [1.29, 1.82) is 0 Å². The highest BCUT2D eigenvalue weighted by atomic mass is 15.3. The molecule has 4 aromatic rings. The molecule has 1 unspecified atom stereocenters. The van der Waals surface area contributed by atoms with Gasteiger partial charge in [-0.25, -0.2) is 15.4 Å². The monoisotopic (exact) mass is 350 g/mol. The summed E-state index contributed by atoms with van der Waals surface area (Å²) in [6.45, 7) is 2.07. The normalized spacial score (nSPS) is 12.4. The van der Waals surface area contributed by atoms with Crippen LogP contribution in [0.3, 0.4) is 0 Å². The van der Waals surface area contributed by atoms with Crippen molar-refractivity contribution in [1.82, 2.24) is 29.1 Å². The van der Waals surface area contributed by atoms with Crippen LogP contribution in [0.5, 0.6) is 0 Å². The van der Waals surface area contributed by atoms with Gasteiger partial charge in [-0.05, 0) is 18.6 Å². The maximum atomic E-state index is 5.72. The molecule has 0 saturated carbocycles. The SMILES string of the molecule is CC(Nc1nc(-c2cnn(C)c2)cnc1[NH2+]N)c1ccc2nccn2c1. The molecule has 4 aromatic heterocycles. The second-order valence-corrected chi connectivity index (χ2v) is 6.08. The summed E-state index contributed by atoms with van der Waals surface area (Å²) in [6, 6.07) is 4.05. The Labute approximate surface area is 149 Å². The summed E-state index contributed by atoms with van der Waals surface area (Å²) >= 11 is 0. The van der Waals surface area contributed by atoms with Gasteiger partial charge in [-0.2, -0.15) is 15.9 Å². The van der Waals surface area contributed by atoms with Crippen molar-refractivity contribution in [2.75, 3.05) is 5.32 Å². The molecule has 132 valence electrons. The van der Waals surface area contributed by atoms with Gasteiger partial charge in [0.2, 0.25) is 5.82 Å². The fraction of sp³-hybridized carbons (Fsp3) is 0.176. The van der Waals surface area contributed by atoms with E-state index in [4.69, 9.17) is 5.84 Å². The molecule has 4 heterocycles. The molecule has 5 N–H and O–H groups in total. The lowest BCUT2D eigenvalue weighted by molar-refractivity contribution is -0.587. The van der Waals surface area contributed by atoms with Crippen LogP contribution in [0.15, 0.2) is 49.3 Å². The summed E-state index contributed by atoms with van der Waals surface area (Å²) in [5, 5.41) is 7.59. The van der Waals surface area contributed by atoms with E-state index in [0.29, 0.717) is 11.6 Å². The number of hydrogen-bond donors (Lipinski definition) is 3. The third kappa shape index (κ3) is 3.01. The second kappa shape index (κ2) is 6.54. The first-order valence-electron chi connectivity index (χ1n) is 8.24. The molecule has 26 heavy (non-hydrogen) atoms. The van der Waals surface area contributed by atoms with Crippen molar-refractivity contribution in [2.45, 2.75) is 13.0 Å². The smallest absolute Gasteiger partial charge is 0.286 e. The molecule has 0 aliphatic carbocycles. The van der Waals surface area contributed by atoms with Crippen LogP contribution < -0.4 is 16.6 Å². The molecule has 1 atom stereocenters. The summed E-state index contributed by atoms with van der Waals surface area (Å²) in [6.07, 6.45) is 11.1. The maximum Gasteiger partial charge on any atom is 0.286 e. The lowest BCUT2D eigenvalue weighted by atomic mass is 10.1. The Morgan fingerprint density at radius 1 is 1.19 bits per heavy atom. The molecule has 9 nitrogen and oxygen atoms in total. The highest BCUT2D eigenvalue weighted by molar-refractivity contribution is 5.62. The van der Waals surface area contributed by atoms with Crippen LogP contribution in [0, 0.1) is 0 Å². The molecular weight excluding hydrogens is 330 g/mol. The van der Waals surface area contributed by atoms with Gasteiger partial charge in [-0.3, -0.25) is 4.68 Å². The first-order valence-corrected chi connectivity index (χ1v) is 8.24. The van der Waals surface area contributed by atoms with Gasteiger partial charge in [0.25, 0.3) is 5.82 Å².